The average molecular weight is 389 g/mol. The van der Waals surface area contributed by atoms with E-state index in [2.05, 4.69) is 34.1 Å². The Labute approximate surface area is 167 Å². The van der Waals surface area contributed by atoms with Crippen molar-refractivity contribution < 1.29 is 0 Å². The van der Waals surface area contributed by atoms with Crippen molar-refractivity contribution in [3.63, 3.8) is 0 Å². The first-order valence-electron chi connectivity index (χ1n) is 9.86. The molecule has 148 valence electrons. The lowest BCUT2D eigenvalue weighted by molar-refractivity contribution is 0.326. The number of H-pyrrole nitrogens is 1. The van der Waals surface area contributed by atoms with Crippen molar-refractivity contribution in [3.05, 3.63) is 74.7 Å². The standard InChI is InChI=1S/C22H23N5O2/c1-25-20-17(21(28)26(2)22(25)29)4-6-19(24-20)16-8-10-27(13-16)12-14-3-5-18-15(11-14)7-9-23-18/h3-7,9,11,16,23H,8,10,12-13H2,1-2H3/t16-/m1/s1. The van der Waals surface area contributed by atoms with Crippen molar-refractivity contribution in [2.24, 2.45) is 14.1 Å². The zero-order chi connectivity index (χ0) is 20.1. The van der Waals surface area contributed by atoms with Crippen molar-refractivity contribution in [1.82, 2.24) is 24.0 Å². The number of pyridine rings is 1. The van der Waals surface area contributed by atoms with Gasteiger partial charge in [-0.1, -0.05) is 6.07 Å². The summed E-state index contributed by atoms with van der Waals surface area (Å²) in [5.74, 6) is 0.301. The molecule has 0 radical (unpaired) electrons. The molecule has 1 saturated heterocycles. The molecule has 1 atom stereocenters. The van der Waals surface area contributed by atoms with Crippen LogP contribution in [0, 0.1) is 0 Å². The first kappa shape index (κ1) is 17.9. The molecule has 29 heavy (non-hydrogen) atoms. The van der Waals surface area contributed by atoms with E-state index in [0.717, 1.165) is 41.8 Å². The van der Waals surface area contributed by atoms with Crippen LogP contribution < -0.4 is 11.2 Å². The summed E-state index contributed by atoms with van der Waals surface area (Å²) >= 11 is 0. The third kappa shape index (κ3) is 2.98. The number of aryl methyl sites for hydroxylation is 1. The van der Waals surface area contributed by atoms with Gasteiger partial charge in [-0.3, -0.25) is 18.8 Å². The van der Waals surface area contributed by atoms with Crippen LogP contribution in [-0.2, 0) is 20.6 Å². The maximum atomic E-state index is 12.4. The number of hydrogen-bond acceptors (Lipinski definition) is 4. The van der Waals surface area contributed by atoms with E-state index in [1.165, 1.54) is 22.6 Å². The van der Waals surface area contributed by atoms with Crippen LogP contribution in [0.4, 0.5) is 0 Å². The largest absolute Gasteiger partial charge is 0.361 e. The molecule has 0 aliphatic carbocycles. The third-order valence-corrected chi connectivity index (χ3v) is 6.04. The Morgan fingerprint density at radius 2 is 1.97 bits per heavy atom. The number of aromatic amines is 1. The predicted molar refractivity (Wildman–Crippen MR) is 113 cm³/mol. The molecule has 1 fully saturated rings. The number of likely N-dealkylation sites (tertiary alicyclic amines) is 1. The Morgan fingerprint density at radius 3 is 2.83 bits per heavy atom. The molecule has 0 amide bonds. The summed E-state index contributed by atoms with van der Waals surface area (Å²) in [6.07, 6.45) is 2.98. The van der Waals surface area contributed by atoms with E-state index in [-0.39, 0.29) is 11.2 Å². The van der Waals surface area contributed by atoms with Crippen LogP contribution >= 0.6 is 0 Å². The van der Waals surface area contributed by atoms with E-state index in [4.69, 9.17) is 4.98 Å². The number of nitrogens with one attached hydrogen (secondary N) is 1. The van der Waals surface area contributed by atoms with Crippen LogP contribution in [0.2, 0.25) is 0 Å². The monoisotopic (exact) mass is 389 g/mol. The maximum Gasteiger partial charge on any atom is 0.332 e. The van der Waals surface area contributed by atoms with Gasteiger partial charge in [-0.15, -0.1) is 0 Å². The Bertz CT molecular complexity index is 1350. The van der Waals surface area contributed by atoms with Crippen LogP contribution in [0.5, 0.6) is 0 Å². The highest BCUT2D eigenvalue weighted by Crippen LogP contribution is 2.28. The highest BCUT2D eigenvalue weighted by molar-refractivity contribution is 5.79. The van der Waals surface area contributed by atoms with Gasteiger partial charge in [-0.25, -0.2) is 9.78 Å². The minimum atomic E-state index is -0.347. The van der Waals surface area contributed by atoms with Gasteiger partial charge in [0.25, 0.3) is 5.56 Å². The van der Waals surface area contributed by atoms with Gasteiger partial charge in [-0.2, -0.15) is 0 Å². The smallest absolute Gasteiger partial charge is 0.332 e. The Hall–Kier alpha value is -3.19. The fraction of sp³-hybridized carbons (Fsp3) is 0.318. The second-order valence-electron chi connectivity index (χ2n) is 7.93. The lowest BCUT2D eigenvalue weighted by Crippen LogP contribution is -2.37. The predicted octanol–water partition coefficient (Wildman–Crippen LogP) is 2.10. The molecule has 1 aliphatic heterocycles. The molecule has 1 aliphatic rings. The summed E-state index contributed by atoms with van der Waals surface area (Å²) in [6.45, 7) is 2.83. The Morgan fingerprint density at radius 1 is 1.10 bits per heavy atom. The normalized spacial score (nSPS) is 17.5. The zero-order valence-electron chi connectivity index (χ0n) is 16.6. The van der Waals surface area contributed by atoms with Gasteiger partial charge in [-0.05, 0) is 54.2 Å². The van der Waals surface area contributed by atoms with E-state index in [1.807, 2.05) is 18.3 Å². The van der Waals surface area contributed by atoms with Gasteiger partial charge in [0.15, 0.2) is 0 Å². The fourth-order valence-electron chi connectivity index (χ4n) is 4.37. The van der Waals surface area contributed by atoms with Gasteiger partial charge in [0.2, 0.25) is 0 Å². The minimum Gasteiger partial charge on any atom is -0.361 e. The molecular weight excluding hydrogens is 366 g/mol. The minimum absolute atomic E-state index is 0.296. The molecule has 7 heteroatoms. The molecule has 4 heterocycles. The molecular formula is C22H23N5O2. The molecule has 4 aromatic rings. The number of benzene rings is 1. The van der Waals surface area contributed by atoms with E-state index in [0.29, 0.717) is 17.0 Å². The molecule has 5 rings (SSSR count). The molecule has 1 aromatic carbocycles. The van der Waals surface area contributed by atoms with Gasteiger partial charge >= 0.3 is 5.69 Å². The van der Waals surface area contributed by atoms with Gasteiger partial charge in [0, 0.05) is 50.5 Å². The molecule has 0 spiro atoms. The molecule has 7 nitrogen and oxygen atoms in total. The van der Waals surface area contributed by atoms with Crippen molar-refractivity contribution in [1.29, 1.82) is 0 Å². The number of nitrogens with zero attached hydrogens (tertiary/aromatic N) is 4. The zero-order valence-corrected chi connectivity index (χ0v) is 16.6. The van der Waals surface area contributed by atoms with Crippen LogP contribution in [0.25, 0.3) is 21.9 Å². The summed E-state index contributed by atoms with van der Waals surface area (Å²) in [6, 6.07) is 12.4. The second-order valence-corrected chi connectivity index (χ2v) is 7.93. The number of rotatable bonds is 3. The Kier molecular flexibility index (Phi) is 4.13. The Balaban J connectivity index is 1.40. The van der Waals surface area contributed by atoms with E-state index in [1.54, 1.807) is 7.05 Å². The second kappa shape index (κ2) is 6.70. The van der Waals surface area contributed by atoms with E-state index < -0.39 is 0 Å². The number of fused-ring (bicyclic) bond motifs is 2. The molecule has 0 unspecified atom stereocenters. The topological polar surface area (TPSA) is 75.9 Å². The van der Waals surface area contributed by atoms with Crippen LogP contribution in [0.3, 0.4) is 0 Å². The van der Waals surface area contributed by atoms with Crippen LogP contribution in [0.1, 0.15) is 23.6 Å². The summed E-state index contributed by atoms with van der Waals surface area (Å²) in [4.78, 5) is 35.0. The first-order chi connectivity index (χ1) is 14.0. The number of aromatic nitrogens is 4. The third-order valence-electron chi connectivity index (χ3n) is 6.04. The van der Waals surface area contributed by atoms with Gasteiger partial charge in [0.1, 0.15) is 5.65 Å². The average Bonchev–Trinajstić information content (AvgIpc) is 3.39. The van der Waals surface area contributed by atoms with E-state index >= 15 is 0 Å². The highest BCUT2D eigenvalue weighted by Gasteiger charge is 2.25. The van der Waals surface area contributed by atoms with Crippen LogP contribution in [0.15, 0.2) is 52.2 Å². The molecule has 3 aromatic heterocycles. The summed E-state index contributed by atoms with van der Waals surface area (Å²) in [7, 11) is 3.16. The number of hydrogen-bond donors (Lipinski definition) is 1. The SMILES string of the molecule is Cn1c(=O)c2ccc([C@@H]3CCN(Cc4ccc5[nH]ccc5c4)C3)nc2n(C)c1=O. The molecule has 1 N–H and O–H groups in total. The maximum absolute atomic E-state index is 12.4. The van der Waals surface area contributed by atoms with Gasteiger partial charge < -0.3 is 4.98 Å². The summed E-state index contributed by atoms with van der Waals surface area (Å²) in [5, 5.41) is 1.71. The van der Waals surface area contributed by atoms with Crippen molar-refractivity contribution in [2.45, 2.75) is 18.9 Å². The van der Waals surface area contributed by atoms with Crippen molar-refractivity contribution in [3.8, 4) is 0 Å². The fourth-order valence-corrected chi connectivity index (χ4v) is 4.37. The van der Waals surface area contributed by atoms with Crippen molar-refractivity contribution >= 4 is 21.9 Å². The van der Waals surface area contributed by atoms with Gasteiger partial charge in [0.05, 0.1) is 5.39 Å². The molecule has 0 saturated carbocycles. The summed E-state index contributed by atoms with van der Waals surface area (Å²) < 4.78 is 2.58. The lowest BCUT2D eigenvalue weighted by Gasteiger charge is -2.16. The molecule has 0 bridgehead atoms. The quantitative estimate of drug-likeness (QED) is 0.582. The summed E-state index contributed by atoms with van der Waals surface area (Å²) in [5.41, 5.74) is 3.23. The first-order valence-corrected chi connectivity index (χ1v) is 9.86. The van der Waals surface area contributed by atoms with E-state index in [9.17, 15) is 9.59 Å². The van der Waals surface area contributed by atoms with Crippen molar-refractivity contribution in [2.75, 3.05) is 13.1 Å². The highest BCUT2D eigenvalue weighted by atomic mass is 16.2. The van der Waals surface area contributed by atoms with Crippen LogP contribution in [-0.4, -0.2) is 37.1 Å². The lowest BCUT2D eigenvalue weighted by atomic mass is 10.0.